The number of nitrogens with zero attached hydrogens (tertiary/aromatic N) is 1. The molecule has 3 aromatic carbocycles. The molecule has 0 amide bonds. The van der Waals surface area contributed by atoms with Gasteiger partial charge in [0.25, 0.3) is 0 Å². The van der Waals surface area contributed by atoms with Crippen molar-refractivity contribution in [3.63, 3.8) is 0 Å². The van der Waals surface area contributed by atoms with Crippen LogP contribution in [0, 0.1) is 12.8 Å². The summed E-state index contributed by atoms with van der Waals surface area (Å²) in [7, 11) is 1.00. The van der Waals surface area contributed by atoms with E-state index in [-0.39, 0.29) is 6.42 Å². The Hall–Kier alpha value is -2.85. The number of aliphatic carboxylic acids is 1. The summed E-state index contributed by atoms with van der Waals surface area (Å²) in [5, 5.41) is 18.7. The molecule has 1 saturated heterocycles. The molecule has 2 atom stereocenters. The Bertz CT molecular complexity index is 1030. The van der Waals surface area contributed by atoms with E-state index in [0.717, 1.165) is 25.8 Å². The molecular formula is C34H53NO3. The third-order valence-corrected chi connectivity index (χ3v) is 6.34. The molecule has 1 fully saturated rings. The number of aliphatic hydroxyl groups is 1. The first-order chi connectivity index (χ1) is 18.4. The highest BCUT2D eigenvalue weighted by molar-refractivity contribution is 5.88. The highest BCUT2D eigenvalue weighted by Crippen LogP contribution is 2.35. The maximum Gasteiger partial charge on any atom is 0.307 e. The maximum atomic E-state index is 10.9. The highest BCUT2D eigenvalue weighted by Gasteiger charge is 2.25. The van der Waals surface area contributed by atoms with E-state index in [9.17, 15) is 4.79 Å². The molecule has 212 valence electrons. The van der Waals surface area contributed by atoms with Crippen LogP contribution in [0.15, 0.2) is 60.7 Å². The van der Waals surface area contributed by atoms with E-state index in [1.54, 1.807) is 0 Å². The van der Waals surface area contributed by atoms with E-state index in [2.05, 4.69) is 81.1 Å². The minimum Gasteiger partial charge on any atom is -0.481 e. The first-order valence-electron chi connectivity index (χ1n) is 14.4. The fourth-order valence-corrected chi connectivity index (χ4v) is 4.79. The van der Waals surface area contributed by atoms with E-state index < -0.39 is 5.97 Å². The van der Waals surface area contributed by atoms with Crippen LogP contribution in [0.25, 0.3) is 10.8 Å². The Kier molecular flexibility index (Phi) is 18.6. The van der Waals surface area contributed by atoms with Crippen LogP contribution < -0.4 is 4.90 Å². The summed E-state index contributed by atoms with van der Waals surface area (Å²) in [4.78, 5) is 13.3. The molecule has 1 aliphatic rings. The number of aryl methyl sites for hydroxylation is 1. The van der Waals surface area contributed by atoms with Gasteiger partial charge in [0, 0.05) is 25.9 Å². The molecule has 38 heavy (non-hydrogen) atoms. The average molecular weight is 524 g/mol. The van der Waals surface area contributed by atoms with Gasteiger partial charge in [-0.2, -0.15) is 0 Å². The van der Waals surface area contributed by atoms with Gasteiger partial charge >= 0.3 is 5.97 Å². The Morgan fingerprint density at radius 2 is 1.47 bits per heavy atom. The molecule has 1 aliphatic heterocycles. The van der Waals surface area contributed by atoms with E-state index in [0.29, 0.717) is 11.8 Å². The van der Waals surface area contributed by atoms with E-state index in [1.807, 2.05) is 39.8 Å². The summed E-state index contributed by atoms with van der Waals surface area (Å²) in [6.45, 7) is 18.9. The number of benzene rings is 3. The molecule has 1 heterocycles. The highest BCUT2D eigenvalue weighted by atomic mass is 16.4. The van der Waals surface area contributed by atoms with Gasteiger partial charge in [0.1, 0.15) is 0 Å². The second-order valence-corrected chi connectivity index (χ2v) is 9.20. The lowest BCUT2D eigenvalue weighted by Crippen LogP contribution is -2.20. The van der Waals surface area contributed by atoms with Gasteiger partial charge in [-0.3, -0.25) is 4.79 Å². The monoisotopic (exact) mass is 523 g/mol. The van der Waals surface area contributed by atoms with Crippen molar-refractivity contribution in [3.8, 4) is 0 Å². The van der Waals surface area contributed by atoms with Crippen molar-refractivity contribution in [2.75, 3.05) is 25.1 Å². The van der Waals surface area contributed by atoms with E-state index >= 15 is 0 Å². The Morgan fingerprint density at radius 1 is 0.921 bits per heavy atom. The molecule has 0 aliphatic carbocycles. The largest absolute Gasteiger partial charge is 0.481 e. The summed E-state index contributed by atoms with van der Waals surface area (Å²) in [6.07, 6.45) is 3.75. The molecule has 0 radical (unpaired) electrons. The second kappa shape index (κ2) is 20.2. The minimum atomic E-state index is -0.781. The zero-order valence-electron chi connectivity index (χ0n) is 25.4. The molecule has 4 heteroatoms. The number of fused-ring (bicyclic) bond motifs is 1. The molecule has 0 saturated carbocycles. The Labute approximate surface area is 232 Å². The molecule has 3 aromatic rings. The van der Waals surface area contributed by atoms with Crippen molar-refractivity contribution in [1.29, 1.82) is 0 Å². The van der Waals surface area contributed by atoms with Crippen LogP contribution in [0.1, 0.15) is 90.3 Å². The van der Waals surface area contributed by atoms with Gasteiger partial charge in [-0.05, 0) is 71.2 Å². The van der Waals surface area contributed by atoms with Gasteiger partial charge in [-0.15, -0.1) is 0 Å². The van der Waals surface area contributed by atoms with Crippen molar-refractivity contribution >= 4 is 22.4 Å². The van der Waals surface area contributed by atoms with Gasteiger partial charge in [-0.1, -0.05) is 103 Å². The van der Waals surface area contributed by atoms with Gasteiger partial charge in [0.05, 0.1) is 6.42 Å². The first-order valence-corrected chi connectivity index (χ1v) is 14.4. The molecule has 4 nitrogen and oxygen atoms in total. The van der Waals surface area contributed by atoms with Gasteiger partial charge in [0.15, 0.2) is 0 Å². The molecule has 2 unspecified atom stereocenters. The number of carboxylic acids is 1. The lowest BCUT2D eigenvalue weighted by molar-refractivity contribution is -0.136. The maximum absolute atomic E-state index is 10.9. The van der Waals surface area contributed by atoms with Crippen LogP contribution >= 0.6 is 0 Å². The lowest BCUT2D eigenvalue weighted by atomic mass is 9.86. The topological polar surface area (TPSA) is 60.8 Å². The van der Waals surface area contributed by atoms with Crippen molar-refractivity contribution in [1.82, 2.24) is 0 Å². The van der Waals surface area contributed by atoms with Crippen molar-refractivity contribution in [2.45, 2.75) is 87.0 Å². The molecule has 2 N–H and O–H groups in total. The number of aliphatic hydroxyl groups excluding tert-OH is 1. The van der Waals surface area contributed by atoms with Crippen molar-refractivity contribution < 1.29 is 15.0 Å². The Balaban J connectivity index is 0.00000137. The molecular weight excluding hydrogens is 470 g/mol. The number of hydrogen-bond donors (Lipinski definition) is 2. The zero-order chi connectivity index (χ0) is 29.1. The molecule has 4 rings (SSSR count). The average Bonchev–Trinajstić information content (AvgIpc) is 3.41. The third kappa shape index (κ3) is 10.9. The van der Waals surface area contributed by atoms with Crippen LogP contribution in [0.2, 0.25) is 0 Å². The predicted octanol–water partition coefficient (Wildman–Crippen LogP) is 8.87. The zero-order valence-corrected chi connectivity index (χ0v) is 25.4. The summed E-state index contributed by atoms with van der Waals surface area (Å²) >= 11 is 0. The fraction of sp³-hybridized carbons (Fsp3) is 0.500. The molecule has 0 spiro atoms. The summed E-state index contributed by atoms with van der Waals surface area (Å²) in [5.74, 6) is 0.434. The molecule has 0 aromatic heterocycles. The normalized spacial score (nSPS) is 14.4. The SMILES string of the molecule is CC.CC.CCC.CO.Cc1ccc(C(C)CC2CCN(c3ccc(CC(=O)O)cc3)C2)c2ccccc12. The van der Waals surface area contributed by atoms with Crippen LogP contribution in [0.5, 0.6) is 0 Å². The third-order valence-electron chi connectivity index (χ3n) is 6.34. The van der Waals surface area contributed by atoms with Gasteiger partial charge in [0.2, 0.25) is 0 Å². The summed E-state index contributed by atoms with van der Waals surface area (Å²) in [6, 6.07) is 21.3. The Morgan fingerprint density at radius 3 is 2.03 bits per heavy atom. The number of carboxylic acid groups (broad SMARTS) is 1. The number of carbonyl (C=O) groups is 1. The van der Waals surface area contributed by atoms with E-state index in [1.165, 1.54) is 46.8 Å². The quantitative estimate of drug-likeness (QED) is 0.339. The fourth-order valence-electron chi connectivity index (χ4n) is 4.79. The van der Waals surface area contributed by atoms with Crippen molar-refractivity contribution in [2.24, 2.45) is 5.92 Å². The smallest absolute Gasteiger partial charge is 0.307 e. The van der Waals surface area contributed by atoms with Crippen LogP contribution in [0.4, 0.5) is 5.69 Å². The minimum absolute atomic E-state index is 0.0882. The number of anilines is 1. The van der Waals surface area contributed by atoms with E-state index in [4.69, 9.17) is 10.2 Å². The lowest BCUT2D eigenvalue weighted by Gasteiger charge is -2.21. The second-order valence-electron chi connectivity index (χ2n) is 9.20. The van der Waals surface area contributed by atoms with Crippen molar-refractivity contribution in [3.05, 3.63) is 77.4 Å². The molecule has 0 bridgehead atoms. The first kappa shape index (κ1) is 35.2. The number of hydrogen-bond acceptors (Lipinski definition) is 3. The van der Waals surface area contributed by atoms with Crippen LogP contribution in [-0.2, 0) is 11.2 Å². The van der Waals surface area contributed by atoms with Crippen LogP contribution in [-0.4, -0.2) is 36.4 Å². The number of rotatable bonds is 6. The van der Waals surface area contributed by atoms with Gasteiger partial charge in [-0.25, -0.2) is 0 Å². The van der Waals surface area contributed by atoms with Crippen LogP contribution in [0.3, 0.4) is 0 Å². The summed E-state index contributed by atoms with van der Waals surface area (Å²) < 4.78 is 0. The standard InChI is InChI=1S/C26H29NO2.C3H8.2C2H6.CH4O/c1-18-7-12-24(25-6-4-3-5-23(18)25)19(2)15-21-13-14-27(17-21)22-10-8-20(9-11-22)16-26(28)29;1-3-2;3*1-2/h3-12,19,21H,13-17H2,1-2H3,(H,28,29);3H2,1-2H3;2*1-2H3;2H,1H3. The predicted molar refractivity (Wildman–Crippen MR) is 167 cm³/mol. The van der Waals surface area contributed by atoms with Gasteiger partial charge < -0.3 is 15.1 Å². The summed E-state index contributed by atoms with van der Waals surface area (Å²) in [5.41, 5.74) is 4.87.